The summed E-state index contributed by atoms with van der Waals surface area (Å²) in [5.74, 6) is 1.88. The van der Waals surface area contributed by atoms with E-state index >= 15 is 0 Å². The molecule has 0 radical (unpaired) electrons. The van der Waals surface area contributed by atoms with Crippen LogP contribution in [0.3, 0.4) is 0 Å². The van der Waals surface area contributed by atoms with Gasteiger partial charge in [0.25, 0.3) is 0 Å². The lowest BCUT2D eigenvalue weighted by atomic mass is 9.93. The largest absolute Gasteiger partial charge is 0.356 e. The van der Waals surface area contributed by atoms with Crippen molar-refractivity contribution in [3.05, 3.63) is 23.4 Å². The number of likely N-dealkylation sites (tertiary alicyclic amines) is 1. The standard InChI is InChI=1S/C13H18ClN3/c1-16-6-4-10-9-17(7-5-12(10)16)13-3-2-11(14)8-15-13/h2-3,8,10,12H,4-7,9H2,1H3. The predicted molar refractivity (Wildman–Crippen MR) is 70.6 cm³/mol. The molecule has 0 saturated carbocycles. The summed E-state index contributed by atoms with van der Waals surface area (Å²) in [6.45, 7) is 3.50. The topological polar surface area (TPSA) is 19.4 Å². The molecule has 17 heavy (non-hydrogen) atoms. The van der Waals surface area contributed by atoms with Crippen molar-refractivity contribution in [1.29, 1.82) is 0 Å². The molecule has 0 amide bonds. The van der Waals surface area contributed by atoms with Crippen LogP contribution in [0.2, 0.25) is 5.02 Å². The number of nitrogens with zero attached hydrogens (tertiary/aromatic N) is 3. The minimum absolute atomic E-state index is 0.712. The fourth-order valence-corrected chi connectivity index (χ4v) is 3.29. The average molecular weight is 252 g/mol. The highest BCUT2D eigenvalue weighted by Crippen LogP contribution is 2.31. The molecule has 4 heteroatoms. The molecule has 92 valence electrons. The Morgan fingerprint density at radius 1 is 1.29 bits per heavy atom. The Morgan fingerprint density at radius 3 is 2.94 bits per heavy atom. The van der Waals surface area contributed by atoms with Crippen LogP contribution < -0.4 is 4.90 Å². The van der Waals surface area contributed by atoms with Crippen LogP contribution in [-0.2, 0) is 0 Å². The van der Waals surface area contributed by atoms with E-state index in [1.807, 2.05) is 12.1 Å². The van der Waals surface area contributed by atoms with Gasteiger partial charge in [-0.15, -0.1) is 0 Å². The fourth-order valence-electron chi connectivity index (χ4n) is 3.18. The fraction of sp³-hybridized carbons (Fsp3) is 0.615. The van der Waals surface area contributed by atoms with Crippen molar-refractivity contribution in [2.24, 2.45) is 5.92 Å². The second-order valence-electron chi connectivity index (χ2n) is 5.17. The van der Waals surface area contributed by atoms with Gasteiger partial charge in [0.15, 0.2) is 0 Å². The number of pyridine rings is 1. The Hall–Kier alpha value is -0.800. The molecule has 0 spiro atoms. The summed E-state index contributed by atoms with van der Waals surface area (Å²) in [4.78, 5) is 9.33. The average Bonchev–Trinajstić information content (AvgIpc) is 2.72. The number of aromatic nitrogens is 1. The minimum atomic E-state index is 0.712. The Kier molecular flexibility index (Phi) is 2.97. The van der Waals surface area contributed by atoms with E-state index in [1.54, 1.807) is 6.20 Å². The van der Waals surface area contributed by atoms with Crippen molar-refractivity contribution < 1.29 is 0 Å². The molecule has 1 aromatic rings. The lowest BCUT2D eigenvalue weighted by molar-refractivity contribution is 0.239. The molecule has 2 atom stereocenters. The maximum Gasteiger partial charge on any atom is 0.128 e. The van der Waals surface area contributed by atoms with Crippen LogP contribution in [0, 0.1) is 5.92 Å². The zero-order valence-corrected chi connectivity index (χ0v) is 10.9. The number of anilines is 1. The molecular formula is C13H18ClN3. The van der Waals surface area contributed by atoms with Crippen LogP contribution in [-0.4, -0.2) is 42.6 Å². The van der Waals surface area contributed by atoms with E-state index in [-0.39, 0.29) is 0 Å². The van der Waals surface area contributed by atoms with Crippen LogP contribution in [0.5, 0.6) is 0 Å². The second-order valence-corrected chi connectivity index (χ2v) is 5.60. The van der Waals surface area contributed by atoms with Crippen molar-refractivity contribution in [2.45, 2.75) is 18.9 Å². The predicted octanol–water partition coefficient (Wildman–Crippen LogP) is 2.27. The second kappa shape index (κ2) is 4.46. The van der Waals surface area contributed by atoms with Crippen molar-refractivity contribution in [1.82, 2.24) is 9.88 Å². The van der Waals surface area contributed by atoms with E-state index < -0.39 is 0 Å². The van der Waals surface area contributed by atoms with Crippen LogP contribution in [0.25, 0.3) is 0 Å². The van der Waals surface area contributed by atoms with Gasteiger partial charge in [-0.05, 0) is 44.5 Å². The zero-order valence-electron chi connectivity index (χ0n) is 10.1. The summed E-state index contributed by atoms with van der Waals surface area (Å²) in [6.07, 6.45) is 4.32. The number of halogens is 1. The molecule has 2 fully saturated rings. The molecule has 1 aromatic heterocycles. The van der Waals surface area contributed by atoms with Crippen LogP contribution in [0.15, 0.2) is 18.3 Å². The molecule has 3 heterocycles. The Bertz CT molecular complexity index is 392. The number of fused-ring (bicyclic) bond motifs is 1. The lowest BCUT2D eigenvalue weighted by Gasteiger charge is -2.37. The Labute approximate surface area is 107 Å². The maximum absolute atomic E-state index is 5.87. The van der Waals surface area contributed by atoms with Gasteiger partial charge in [-0.25, -0.2) is 4.98 Å². The molecule has 0 aromatic carbocycles. The van der Waals surface area contributed by atoms with Gasteiger partial charge in [0.1, 0.15) is 5.82 Å². The molecule has 3 rings (SSSR count). The summed E-state index contributed by atoms with van der Waals surface area (Å²) in [6, 6.07) is 4.75. The van der Waals surface area contributed by atoms with E-state index in [0.29, 0.717) is 5.02 Å². The highest BCUT2D eigenvalue weighted by Gasteiger charge is 2.36. The number of piperidine rings is 1. The van der Waals surface area contributed by atoms with E-state index in [1.165, 1.54) is 19.4 Å². The van der Waals surface area contributed by atoms with Gasteiger partial charge in [0.05, 0.1) is 5.02 Å². The van der Waals surface area contributed by atoms with E-state index in [0.717, 1.165) is 30.9 Å². The third kappa shape index (κ3) is 2.14. The Balaban J connectivity index is 1.73. The summed E-state index contributed by atoms with van der Waals surface area (Å²) in [7, 11) is 2.25. The quantitative estimate of drug-likeness (QED) is 0.763. The van der Waals surface area contributed by atoms with Gasteiger partial charge in [-0.3, -0.25) is 0 Å². The van der Waals surface area contributed by atoms with E-state index in [4.69, 9.17) is 11.6 Å². The van der Waals surface area contributed by atoms with Crippen molar-refractivity contribution in [3.8, 4) is 0 Å². The normalized spacial score (nSPS) is 29.4. The smallest absolute Gasteiger partial charge is 0.128 e. The van der Waals surface area contributed by atoms with Crippen LogP contribution >= 0.6 is 11.6 Å². The third-order valence-electron chi connectivity index (χ3n) is 4.15. The first kappa shape index (κ1) is 11.3. The number of hydrogen-bond acceptors (Lipinski definition) is 3. The summed E-state index contributed by atoms with van der Waals surface area (Å²) in [5, 5.41) is 0.712. The number of rotatable bonds is 1. The Morgan fingerprint density at radius 2 is 2.18 bits per heavy atom. The highest BCUT2D eigenvalue weighted by molar-refractivity contribution is 6.30. The van der Waals surface area contributed by atoms with Crippen molar-refractivity contribution in [2.75, 3.05) is 31.6 Å². The van der Waals surface area contributed by atoms with Crippen molar-refractivity contribution >= 4 is 17.4 Å². The maximum atomic E-state index is 5.87. The SMILES string of the molecule is CN1CCC2CN(c3ccc(Cl)cn3)CCC21. The molecule has 0 aliphatic carbocycles. The molecule has 2 aliphatic heterocycles. The van der Waals surface area contributed by atoms with Gasteiger partial charge in [-0.1, -0.05) is 11.6 Å². The number of hydrogen-bond donors (Lipinski definition) is 0. The van der Waals surface area contributed by atoms with Gasteiger partial charge in [0, 0.05) is 25.3 Å². The van der Waals surface area contributed by atoms with Gasteiger partial charge >= 0.3 is 0 Å². The lowest BCUT2D eigenvalue weighted by Crippen LogP contribution is -2.45. The molecular weight excluding hydrogens is 234 g/mol. The first-order valence-corrected chi connectivity index (χ1v) is 6.68. The third-order valence-corrected chi connectivity index (χ3v) is 4.37. The first-order chi connectivity index (χ1) is 8.24. The molecule has 3 nitrogen and oxygen atoms in total. The minimum Gasteiger partial charge on any atom is -0.356 e. The van der Waals surface area contributed by atoms with Crippen molar-refractivity contribution in [3.63, 3.8) is 0 Å². The summed E-state index contributed by atoms with van der Waals surface area (Å²) in [5.41, 5.74) is 0. The van der Waals surface area contributed by atoms with Crippen LogP contribution in [0.1, 0.15) is 12.8 Å². The van der Waals surface area contributed by atoms with Gasteiger partial charge in [-0.2, -0.15) is 0 Å². The van der Waals surface area contributed by atoms with Crippen LogP contribution in [0.4, 0.5) is 5.82 Å². The molecule has 0 bridgehead atoms. The van der Waals surface area contributed by atoms with E-state index in [9.17, 15) is 0 Å². The monoisotopic (exact) mass is 251 g/mol. The molecule has 0 N–H and O–H groups in total. The first-order valence-electron chi connectivity index (χ1n) is 6.31. The van der Waals surface area contributed by atoms with Gasteiger partial charge in [0.2, 0.25) is 0 Å². The molecule has 2 unspecified atom stereocenters. The zero-order chi connectivity index (χ0) is 11.8. The van der Waals surface area contributed by atoms with E-state index in [2.05, 4.69) is 21.8 Å². The van der Waals surface area contributed by atoms with Gasteiger partial charge < -0.3 is 9.80 Å². The molecule has 2 aliphatic rings. The summed E-state index contributed by atoms with van der Waals surface area (Å²) >= 11 is 5.87. The molecule has 2 saturated heterocycles. The summed E-state index contributed by atoms with van der Waals surface area (Å²) < 4.78 is 0. The highest BCUT2D eigenvalue weighted by atomic mass is 35.5.